The molecule has 1 atom stereocenters. The molecule has 1 aliphatic carbocycles. The lowest BCUT2D eigenvalue weighted by molar-refractivity contribution is -0.117. The summed E-state index contributed by atoms with van der Waals surface area (Å²) in [5.41, 5.74) is 3.39. The number of amides is 1. The van der Waals surface area contributed by atoms with Crippen LogP contribution >= 0.6 is 0 Å². The van der Waals surface area contributed by atoms with Crippen LogP contribution in [0.25, 0.3) is 0 Å². The summed E-state index contributed by atoms with van der Waals surface area (Å²) in [4.78, 5) is 13.2. The minimum Gasteiger partial charge on any atom is -0.313 e. The Labute approximate surface area is 104 Å². The van der Waals surface area contributed by atoms with E-state index in [1.165, 1.54) is 12.8 Å². The van der Waals surface area contributed by atoms with Gasteiger partial charge in [0.15, 0.2) is 8.24 Å². The van der Waals surface area contributed by atoms with Crippen LogP contribution in [-0.2, 0) is 4.79 Å². The Bertz CT molecular complexity index is 346. The lowest BCUT2D eigenvalue weighted by Gasteiger charge is -2.38. The number of hydrazone groups is 1. The summed E-state index contributed by atoms with van der Waals surface area (Å²) in [6.45, 7) is 9.13. The number of nitrogens with zero attached hydrogens (tertiary/aromatic N) is 2. The molecule has 0 spiro atoms. The van der Waals surface area contributed by atoms with Crippen molar-refractivity contribution in [3.8, 4) is 0 Å². The van der Waals surface area contributed by atoms with Crippen LogP contribution in [0, 0.1) is 11.8 Å². The maximum atomic E-state index is 11.2. The highest BCUT2D eigenvalue weighted by Crippen LogP contribution is 2.38. The summed E-state index contributed by atoms with van der Waals surface area (Å²) < 4.78 is 0. The van der Waals surface area contributed by atoms with E-state index in [4.69, 9.17) is 0 Å². The highest BCUT2D eigenvalue weighted by molar-refractivity contribution is 6.73. The monoisotopic (exact) mass is 254 g/mol. The molecule has 17 heavy (non-hydrogen) atoms. The molecule has 96 valence electrons. The van der Waals surface area contributed by atoms with Crippen molar-refractivity contribution >= 4 is 20.0 Å². The maximum absolute atomic E-state index is 11.2. The summed E-state index contributed by atoms with van der Waals surface area (Å²) in [5.74, 6) is 1.93. The van der Waals surface area contributed by atoms with Gasteiger partial charge in [-0.15, -0.1) is 0 Å². The van der Waals surface area contributed by atoms with Gasteiger partial charge in [0.1, 0.15) is 5.84 Å². The van der Waals surface area contributed by atoms with Gasteiger partial charge in [0.25, 0.3) is 0 Å². The minimum absolute atomic E-state index is 0.0215. The van der Waals surface area contributed by atoms with Crippen LogP contribution < -0.4 is 10.7 Å². The van der Waals surface area contributed by atoms with Crippen LogP contribution in [0.15, 0.2) is 5.10 Å². The molecule has 1 fully saturated rings. The summed E-state index contributed by atoms with van der Waals surface area (Å²) in [6, 6.07) is 0. The zero-order chi connectivity index (χ0) is 12.6. The molecule has 2 aliphatic rings. The molecule has 1 saturated carbocycles. The fourth-order valence-corrected chi connectivity index (χ4v) is 3.05. The number of hydrazine groups is 1. The van der Waals surface area contributed by atoms with Gasteiger partial charge in [-0.25, -0.2) is 5.43 Å². The van der Waals surface area contributed by atoms with Crippen molar-refractivity contribution in [2.75, 3.05) is 6.54 Å². The molecule has 2 N–H and O–H groups in total. The molecule has 0 aromatic rings. The van der Waals surface area contributed by atoms with E-state index in [1.54, 1.807) is 6.92 Å². The normalized spacial score (nSPS) is 25.5. The van der Waals surface area contributed by atoms with Crippen molar-refractivity contribution < 1.29 is 4.79 Å². The van der Waals surface area contributed by atoms with Gasteiger partial charge in [-0.2, -0.15) is 5.10 Å². The van der Waals surface area contributed by atoms with E-state index < -0.39 is 8.24 Å². The number of nitrogens with one attached hydrogen (secondary N) is 2. The Morgan fingerprint density at radius 1 is 1.47 bits per heavy atom. The lowest BCUT2D eigenvalue weighted by Crippen LogP contribution is -2.58. The second-order valence-corrected chi connectivity index (χ2v) is 10.7. The summed E-state index contributed by atoms with van der Waals surface area (Å²) >= 11 is 0. The number of rotatable bonds is 2. The zero-order valence-corrected chi connectivity index (χ0v) is 12.1. The van der Waals surface area contributed by atoms with Gasteiger partial charge in [-0.05, 0) is 38.4 Å². The van der Waals surface area contributed by atoms with E-state index in [0.29, 0.717) is 11.8 Å². The van der Waals surface area contributed by atoms with Gasteiger partial charge in [0, 0.05) is 19.4 Å². The molecular weight excluding hydrogens is 232 g/mol. The fourth-order valence-electron chi connectivity index (χ4n) is 2.07. The van der Waals surface area contributed by atoms with Crippen molar-refractivity contribution in [1.82, 2.24) is 15.5 Å². The number of hydrogen-bond acceptors (Lipinski definition) is 4. The maximum Gasteiger partial charge on any atom is 0.222 e. The van der Waals surface area contributed by atoms with Gasteiger partial charge in [-0.3, -0.25) is 9.58 Å². The second kappa shape index (κ2) is 4.42. The Kier molecular flexibility index (Phi) is 3.27. The van der Waals surface area contributed by atoms with E-state index in [9.17, 15) is 4.79 Å². The Morgan fingerprint density at radius 2 is 2.12 bits per heavy atom. The molecule has 0 radical (unpaired) electrons. The first-order chi connectivity index (χ1) is 7.88. The molecule has 2 rings (SSSR count). The van der Waals surface area contributed by atoms with Crippen LogP contribution in [0.1, 0.15) is 19.8 Å². The fraction of sp³-hybridized carbons (Fsp3) is 0.818. The number of amidine groups is 1. The van der Waals surface area contributed by atoms with Crippen LogP contribution in [0.5, 0.6) is 0 Å². The van der Waals surface area contributed by atoms with Crippen LogP contribution in [0.3, 0.4) is 0 Å². The summed E-state index contributed by atoms with van der Waals surface area (Å²) in [6.07, 6.45) is 2.52. The number of carbonyl (C=O) groups is 1. The summed E-state index contributed by atoms with van der Waals surface area (Å²) in [5, 5.41) is 7.51. The topological polar surface area (TPSA) is 56.7 Å². The van der Waals surface area contributed by atoms with E-state index in [-0.39, 0.29) is 5.91 Å². The Hall–Kier alpha value is -0.883. The molecule has 5 nitrogen and oxygen atoms in total. The predicted molar refractivity (Wildman–Crippen MR) is 70.7 cm³/mol. The number of hydrogen-bond donors (Lipinski definition) is 2. The standard InChI is InChI=1S/C11H22N4OSi/c1-8(16)13-11-10(9-5-6-9)7-12-15(14-11)17(2,3)4/h9-10,12H,5-7H2,1-4H3,(H,13,14,16). The molecule has 6 heteroatoms. The Balaban J connectivity index is 2.16. The third-order valence-corrected chi connectivity index (χ3v) is 4.68. The first-order valence-corrected chi connectivity index (χ1v) is 9.72. The zero-order valence-electron chi connectivity index (χ0n) is 11.1. The highest BCUT2D eigenvalue weighted by atomic mass is 28.3. The van der Waals surface area contributed by atoms with Gasteiger partial charge >= 0.3 is 0 Å². The van der Waals surface area contributed by atoms with Crippen molar-refractivity contribution in [2.24, 2.45) is 16.9 Å². The highest BCUT2D eigenvalue weighted by Gasteiger charge is 2.39. The summed E-state index contributed by atoms with van der Waals surface area (Å²) in [7, 11) is -1.51. The quantitative estimate of drug-likeness (QED) is 0.726. The first kappa shape index (κ1) is 12.6. The van der Waals surface area contributed by atoms with Gasteiger partial charge in [-0.1, -0.05) is 0 Å². The average molecular weight is 254 g/mol. The Morgan fingerprint density at radius 3 is 2.59 bits per heavy atom. The van der Waals surface area contributed by atoms with Gasteiger partial charge in [0.2, 0.25) is 5.91 Å². The van der Waals surface area contributed by atoms with Gasteiger partial charge < -0.3 is 5.32 Å². The largest absolute Gasteiger partial charge is 0.313 e. The molecule has 0 saturated heterocycles. The number of carbonyl (C=O) groups excluding carboxylic acids is 1. The van der Waals surface area contributed by atoms with Gasteiger partial charge in [0.05, 0.1) is 0 Å². The van der Waals surface area contributed by atoms with E-state index in [2.05, 4.69) is 35.5 Å². The third kappa shape index (κ3) is 3.07. The van der Waals surface area contributed by atoms with Crippen LogP contribution in [0.4, 0.5) is 0 Å². The van der Waals surface area contributed by atoms with Crippen LogP contribution in [0.2, 0.25) is 19.6 Å². The molecule has 1 aliphatic heterocycles. The SMILES string of the molecule is CC(=O)NC1=NN([Si](C)(C)C)NCC1C1CC1. The van der Waals surface area contributed by atoms with Crippen molar-refractivity contribution in [2.45, 2.75) is 39.4 Å². The predicted octanol–water partition coefficient (Wildman–Crippen LogP) is 1.12. The van der Waals surface area contributed by atoms with E-state index >= 15 is 0 Å². The second-order valence-electron chi connectivity index (χ2n) is 5.96. The first-order valence-electron chi connectivity index (χ1n) is 6.28. The molecule has 1 unspecified atom stereocenters. The minimum atomic E-state index is -1.51. The molecular formula is C11H22N4OSi. The molecule has 1 heterocycles. The van der Waals surface area contributed by atoms with Crippen molar-refractivity contribution in [1.29, 1.82) is 0 Å². The molecule has 0 aromatic carbocycles. The smallest absolute Gasteiger partial charge is 0.222 e. The lowest BCUT2D eigenvalue weighted by atomic mass is 10.0. The van der Waals surface area contributed by atoms with E-state index in [0.717, 1.165) is 12.4 Å². The molecule has 0 aromatic heterocycles. The van der Waals surface area contributed by atoms with Crippen LogP contribution in [-0.4, -0.2) is 31.3 Å². The third-order valence-electron chi connectivity index (χ3n) is 3.15. The van der Waals surface area contributed by atoms with Crippen molar-refractivity contribution in [3.63, 3.8) is 0 Å². The average Bonchev–Trinajstić information content (AvgIpc) is 2.98. The molecule has 0 bridgehead atoms. The van der Waals surface area contributed by atoms with Crippen molar-refractivity contribution in [3.05, 3.63) is 0 Å². The molecule has 1 amide bonds. The van der Waals surface area contributed by atoms with E-state index in [1.807, 2.05) is 4.78 Å².